The van der Waals surface area contributed by atoms with Crippen molar-refractivity contribution in [3.63, 3.8) is 0 Å². The van der Waals surface area contributed by atoms with Crippen molar-refractivity contribution in [3.05, 3.63) is 48.0 Å². The van der Waals surface area contributed by atoms with Crippen molar-refractivity contribution in [1.82, 2.24) is 0 Å². The molecule has 0 heteroatoms. The maximum atomic E-state index is 5.35. The number of rotatable bonds is 8. The molecule has 0 aromatic heterocycles. The van der Waals surface area contributed by atoms with Crippen molar-refractivity contribution in [2.45, 2.75) is 51.9 Å². The van der Waals surface area contributed by atoms with Crippen LogP contribution in [-0.4, -0.2) is 0 Å². The minimum atomic E-state index is 1.04. The van der Waals surface area contributed by atoms with E-state index in [1.807, 2.05) is 0 Å². The molecule has 0 bridgehead atoms. The number of unbranched alkanes of at least 4 members (excludes halogenated alkanes) is 3. The maximum absolute atomic E-state index is 5.35. The fourth-order valence-electron chi connectivity index (χ4n) is 1.84. The van der Waals surface area contributed by atoms with Gasteiger partial charge >= 0.3 is 0 Å². The summed E-state index contributed by atoms with van der Waals surface area (Å²) < 4.78 is 0. The first kappa shape index (κ1) is 13.0. The van der Waals surface area contributed by atoms with Gasteiger partial charge < -0.3 is 0 Å². The van der Waals surface area contributed by atoms with Gasteiger partial charge in [-0.15, -0.1) is 0 Å². The first-order valence-electron chi connectivity index (χ1n) is 6.48. The monoisotopic (exact) mass is 215 g/mol. The van der Waals surface area contributed by atoms with Gasteiger partial charge in [-0.05, 0) is 49.7 Å². The lowest BCUT2D eigenvalue weighted by molar-refractivity contribution is 0.746. The van der Waals surface area contributed by atoms with Gasteiger partial charge in [0, 0.05) is 0 Å². The molecule has 0 aliphatic carbocycles. The van der Waals surface area contributed by atoms with Crippen LogP contribution in [0.25, 0.3) is 0 Å². The SMILES string of the molecule is [CH]=CCCCCc1ccc(CCCC)cc1. The molecule has 0 heterocycles. The Morgan fingerprint density at radius 1 is 0.938 bits per heavy atom. The van der Waals surface area contributed by atoms with Gasteiger partial charge in [-0.2, -0.15) is 0 Å². The summed E-state index contributed by atoms with van der Waals surface area (Å²) in [5.74, 6) is 0. The minimum absolute atomic E-state index is 1.04. The Bertz CT molecular complexity index is 281. The van der Waals surface area contributed by atoms with E-state index < -0.39 is 0 Å². The summed E-state index contributed by atoms with van der Waals surface area (Å²) in [5, 5.41) is 0. The zero-order valence-electron chi connectivity index (χ0n) is 10.4. The molecule has 1 aromatic rings. The summed E-state index contributed by atoms with van der Waals surface area (Å²) in [6.45, 7) is 7.59. The summed E-state index contributed by atoms with van der Waals surface area (Å²) >= 11 is 0. The van der Waals surface area contributed by atoms with Crippen LogP contribution < -0.4 is 0 Å². The van der Waals surface area contributed by atoms with E-state index >= 15 is 0 Å². The van der Waals surface area contributed by atoms with Gasteiger partial charge in [-0.1, -0.05) is 50.3 Å². The topological polar surface area (TPSA) is 0 Å². The molecule has 0 atom stereocenters. The molecule has 0 unspecified atom stereocenters. The zero-order valence-corrected chi connectivity index (χ0v) is 10.4. The van der Waals surface area contributed by atoms with Crippen LogP contribution in [-0.2, 0) is 12.8 Å². The molecule has 0 N–H and O–H groups in total. The van der Waals surface area contributed by atoms with Crippen LogP contribution in [0.2, 0.25) is 0 Å². The average molecular weight is 215 g/mol. The molecule has 16 heavy (non-hydrogen) atoms. The molecule has 1 radical (unpaired) electrons. The van der Waals surface area contributed by atoms with Crippen molar-refractivity contribution in [3.8, 4) is 0 Å². The molecule has 0 aliphatic heterocycles. The van der Waals surface area contributed by atoms with Crippen LogP contribution in [0.4, 0.5) is 0 Å². The molecule has 0 aliphatic rings. The minimum Gasteiger partial charge on any atom is -0.0845 e. The van der Waals surface area contributed by atoms with Crippen LogP contribution in [0.15, 0.2) is 30.3 Å². The molecule has 0 saturated heterocycles. The van der Waals surface area contributed by atoms with Crippen molar-refractivity contribution >= 4 is 0 Å². The Balaban J connectivity index is 2.30. The van der Waals surface area contributed by atoms with E-state index in [4.69, 9.17) is 6.58 Å². The van der Waals surface area contributed by atoms with E-state index in [2.05, 4.69) is 31.2 Å². The third-order valence-corrected chi connectivity index (χ3v) is 2.93. The van der Waals surface area contributed by atoms with Crippen LogP contribution in [0.5, 0.6) is 0 Å². The fraction of sp³-hybridized carbons (Fsp3) is 0.500. The predicted octanol–water partition coefficient (Wildman–Crippen LogP) is 4.73. The summed E-state index contributed by atoms with van der Waals surface area (Å²) in [6.07, 6.45) is 10.2. The van der Waals surface area contributed by atoms with Crippen LogP contribution >= 0.6 is 0 Å². The van der Waals surface area contributed by atoms with Gasteiger partial charge in [0.05, 0.1) is 0 Å². The summed E-state index contributed by atoms with van der Waals surface area (Å²) in [4.78, 5) is 0. The van der Waals surface area contributed by atoms with Gasteiger partial charge in [-0.3, -0.25) is 0 Å². The van der Waals surface area contributed by atoms with Crippen LogP contribution in [0, 0.1) is 6.58 Å². The second-order valence-corrected chi connectivity index (χ2v) is 4.40. The Morgan fingerprint density at radius 3 is 2.00 bits per heavy atom. The Kier molecular flexibility index (Phi) is 6.64. The van der Waals surface area contributed by atoms with Gasteiger partial charge in [0.25, 0.3) is 0 Å². The van der Waals surface area contributed by atoms with Crippen molar-refractivity contribution < 1.29 is 0 Å². The highest BCUT2D eigenvalue weighted by Crippen LogP contribution is 2.11. The summed E-state index contributed by atoms with van der Waals surface area (Å²) in [5.41, 5.74) is 2.93. The summed E-state index contributed by atoms with van der Waals surface area (Å²) in [6, 6.07) is 9.11. The second kappa shape index (κ2) is 8.15. The first-order chi connectivity index (χ1) is 7.86. The van der Waals surface area contributed by atoms with Gasteiger partial charge in [0.2, 0.25) is 0 Å². The van der Waals surface area contributed by atoms with Gasteiger partial charge in [0.15, 0.2) is 0 Å². The van der Waals surface area contributed by atoms with Gasteiger partial charge in [0.1, 0.15) is 0 Å². The third kappa shape index (κ3) is 5.16. The number of hydrogen-bond acceptors (Lipinski definition) is 0. The largest absolute Gasteiger partial charge is 0.0845 e. The quantitative estimate of drug-likeness (QED) is 0.550. The third-order valence-electron chi connectivity index (χ3n) is 2.93. The molecule has 0 fully saturated rings. The highest BCUT2D eigenvalue weighted by molar-refractivity contribution is 5.22. The Labute approximate surface area is 100 Å². The fourth-order valence-corrected chi connectivity index (χ4v) is 1.84. The highest BCUT2D eigenvalue weighted by atomic mass is 14.0. The lowest BCUT2D eigenvalue weighted by Gasteiger charge is -2.03. The molecule has 1 rings (SSSR count). The second-order valence-electron chi connectivity index (χ2n) is 4.40. The van der Waals surface area contributed by atoms with Gasteiger partial charge in [-0.25, -0.2) is 0 Å². The lowest BCUT2D eigenvalue weighted by atomic mass is 10.0. The average Bonchev–Trinajstić information content (AvgIpc) is 2.33. The number of benzene rings is 1. The van der Waals surface area contributed by atoms with E-state index in [9.17, 15) is 0 Å². The molecule has 87 valence electrons. The smallest absolute Gasteiger partial charge is 0.0279 e. The molecule has 1 aromatic carbocycles. The number of allylic oxidation sites excluding steroid dienone is 1. The molecule has 0 nitrogen and oxygen atoms in total. The number of aryl methyl sites for hydroxylation is 2. The molecule has 0 saturated carbocycles. The normalized spacial score (nSPS) is 10.3. The van der Waals surface area contributed by atoms with E-state index in [0.717, 1.165) is 6.42 Å². The van der Waals surface area contributed by atoms with E-state index in [1.54, 1.807) is 6.08 Å². The molecule has 0 amide bonds. The maximum Gasteiger partial charge on any atom is -0.0279 e. The molecular weight excluding hydrogens is 192 g/mol. The Morgan fingerprint density at radius 2 is 1.50 bits per heavy atom. The Hall–Kier alpha value is -1.04. The zero-order chi connectivity index (χ0) is 11.6. The summed E-state index contributed by atoms with van der Waals surface area (Å²) in [7, 11) is 0. The van der Waals surface area contributed by atoms with Crippen LogP contribution in [0.1, 0.15) is 50.2 Å². The van der Waals surface area contributed by atoms with Crippen molar-refractivity contribution in [2.24, 2.45) is 0 Å². The van der Waals surface area contributed by atoms with Crippen molar-refractivity contribution in [1.29, 1.82) is 0 Å². The first-order valence-corrected chi connectivity index (χ1v) is 6.48. The molecule has 0 spiro atoms. The standard InChI is InChI=1S/C16H23/c1-3-5-7-8-10-16-13-11-15(12-14-16)9-6-4-2/h1,3,11-14H,4-10H2,2H3. The van der Waals surface area contributed by atoms with E-state index in [-0.39, 0.29) is 0 Å². The highest BCUT2D eigenvalue weighted by Gasteiger charge is 1.95. The molecular formula is C16H23. The van der Waals surface area contributed by atoms with Crippen molar-refractivity contribution in [2.75, 3.05) is 0 Å². The van der Waals surface area contributed by atoms with E-state index in [0.29, 0.717) is 0 Å². The lowest BCUT2D eigenvalue weighted by Crippen LogP contribution is -1.88. The van der Waals surface area contributed by atoms with Crippen LogP contribution in [0.3, 0.4) is 0 Å². The van der Waals surface area contributed by atoms with E-state index in [1.165, 1.54) is 49.7 Å². The number of hydrogen-bond donors (Lipinski definition) is 0. The predicted molar refractivity (Wildman–Crippen MR) is 71.5 cm³/mol.